The highest BCUT2D eigenvalue weighted by atomic mass is 16.3. The molecule has 0 N–H and O–H groups in total. The van der Waals surface area contributed by atoms with E-state index in [9.17, 15) is 0 Å². The quantitative estimate of drug-likeness (QED) is 0.197. The van der Waals surface area contributed by atoms with Crippen LogP contribution in [-0.2, 0) is 0 Å². The zero-order valence-corrected chi connectivity index (χ0v) is 25.3. The molecule has 0 aliphatic carbocycles. The SMILES string of the molecule is c1ccc(-c2ccc(-c3cc(-c4nc(-c5ccccc5)nc(-c5cccc6ccccc56)n4)c4c(c3)oc3ccccc34)cc2)cc1. The van der Waals surface area contributed by atoms with Crippen LogP contribution in [0.5, 0.6) is 0 Å². The van der Waals surface area contributed by atoms with E-state index in [1.165, 1.54) is 11.1 Å². The fourth-order valence-electron chi connectivity index (χ4n) is 6.44. The van der Waals surface area contributed by atoms with Crippen molar-refractivity contribution in [2.75, 3.05) is 0 Å². The van der Waals surface area contributed by atoms with Gasteiger partial charge in [-0.3, -0.25) is 0 Å². The van der Waals surface area contributed by atoms with Crippen LogP contribution in [0, 0.1) is 0 Å². The molecule has 2 heterocycles. The van der Waals surface area contributed by atoms with Gasteiger partial charge in [-0.25, -0.2) is 15.0 Å². The van der Waals surface area contributed by atoms with Gasteiger partial charge in [0.2, 0.25) is 0 Å². The summed E-state index contributed by atoms with van der Waals surface area (Å²) in [6, 6.07) is 56.3. The number of rotatable bonds is 5. The van der Waals surface area contributed by atoms with Gasteiger partial charge in [-0.05, 0) is 51.2 Å². The summed E-state index contributed by atoms with van der Waals surface area (Å²) in [6.07, 6.45) is 0. The lowest BCUT2D eigenvalue weighted by Crippen LogP contribution is -2.01. The molecule has 0 radical (unpaired) electrons. The van der Waals surface area contributed by atoms with Crippen molar-refractivity contribution in [3.8, 4) is 56.4 Å². The average molecular weight is 602 g/mol. The first-order valence-corrected chi connectivity index (χ1v) is 15.7. The lowest BCUT2D eigenvalue weighted by Gasteiger charge is -2.12. The van der Waals surface area contributed by atoms with Crippen molar-refractivity contribution in [1.29, 1.82) is 0 Å². The molecule has 0 unspecified atom stereocenters. The number of furan rings is 1. The summed E-state index contributed by atoms with van der Waals surface area (Å²) in [4.78, 5) is 15.4. The number of fused-ring (bicyclic) bond motifs is 4. The lowest BCUT2D eigenvalue weighted by molar-refractivity contribution is 0.669. The van der Waals surface area contributed by atoms with Crippen LogP contribution in [0.25, 0.3) is 89.1 Å². The van der Waals surface area contributed by atoms with Crippen molar-refractivity contribution in [2.45, 2.75) is 0 Å². The van der Waals surface area contributed by atoms with Crippen LogP contribution in [0.1, 0.15) is 0 Å². The maximum atomic E-state index is 6.49. The smallest absolute Gasteiger partial charge is 0.164 e. The molecule has 4 nitrogen and oxygen atoms in total. The van der Waals surface area contributed by atoms with Crippen LogP contribution >= 0.6 is 0 Å². The van der Waals surface area contributed by atoms with E-state index in [2.05, 4.69) is 109 Å². The van der Waals surface area contributed by atoms with Gasteiger partial charge in [0.05, 0.1) is 0 Å². The van der Waals surface area contributed by atoms with Crippen LogP contribution in [0.4, 0.5) is 0 Å². The molecular weight excluding hydrogens is 574 g/mol. The van der Waals surface area contributed by atoms with Gasteiger partial charge < -0.3 is 4.42 Å². The summed E-state index contributed by atoms with van der Waals surface area (Å²) in [5, 5.41) is 4.24. The Hall–Kier alpha value is -6.39. The fourth-order valence-corrected chi connectivity index (χ4v) is 6.44. The second-order valence-electron chi connectivity index (χ2n) is 11.6. The highest BCUT2D eigenvalue weighted by molar-refractivity contribution is 6.13. The van der Waals surface area contributed by atoms with Gasteiger partial charge in [-0.2, -0.15) is 0 Å². The molecule has 220 valence electrons. The molecule has 0 fully saturated rings. The Balaban J connectivity index is 1.30. The van der Waals surface area contributed by atoms with Gasteiger partial charge in [0.1, 0.15) is 11.2 Å². The van der Waals surface area contributed by atoms with Gasteiger partial charge in [-0.1, -0.05) is 146 Å². The Labute approximate surface area is 271 Å². The third kappa shape index (κ3) is 4.84. The van der Waals surface area contributed by atoms with Gasteiger partial charge in [-0.15, -0.1) is 0 Å². The van der Waals surface area contributed by atoms with Gasteiger partial charge in [0, 0.05) is 27.5 Å². The van der Waals surface area contributed by atoms with Crippen LogP contribution in [0.3, 0.4) is 0 Å². The molecule has 2 aromatic heterocycles. The topological polar surface area (TPSA) is 51.8 Å². The van der Waals surface area contributed by atoms with Gasteiger partial charge >= 0.3 is 0 Å². The number of hydrogen-bond acceptors (Lipinski definition) is 4. The second-order valence-corrected chi connectivity index (χ2v) is 11.6. The molecule has 9 rings (SSSR count). The standard InChI is InChI=1S/C43H27N3O/c1-3-12-28(13-4-1)29-22-24-30(25-23-29)33-26-37(40-36-19-9-10-21-38(36)47-39(40)27-33)43-45-41(32-15-5-2-6-16-32)44-42(46-43)35-20-11-17-31-14-7-8-18-34(31)35/h1-27H. The summed E-state index contributed by atoms with van der Waals surface area (Å²) >= 11 is 0. The van der Waals surface area contributed by atoms with Crippen molar-refractivity contribution in [3.05, 3.63) is 164 Å². The number of benzene rings is 7. The first-order chi connectivity index (χ1) is 23.3. The number of aromatic nitrogens is 3. The molecule has 0 saturated heterocycles. The maximum absolute atomic E-state index is 6.49. The maximum Gasteiger partial charge on any atom is 0.164 e. The highest BCUT2D eigenvalue weighted by Crippen LogP contribution is 2.40. The highest BCUT2D eigenvalue weighted by Gasteiger charge is 2.20. The van der Waals surface area contributed by atoms with Crippen molar-refractivity contribution in [3.63, 3.8) is 0 Å². The fraction of sp³-hybridized carbons (Fsp3) is 0. The summed E-state index contributed by atoms with van der Waals surface area (Å²) < 4.78 is 6.49. The van der Waals surface area contributed by atoms with E-state index >= 15 is 0 Å². The molecule has 0 atom stereocenters. The van der Waals surface area contributed by atoms with Crippen LogP contribution in [-0.4, -0.2) is 15.0 Å². The third-order valence-electron chi connectivity index (χ3n) is 8.74. The molecule has 4 heteroatoms. The van der Waals surface area contributed by atoms with E-state index in [0.29, 0.717) is 17.5 Å². The van der Waals surface area contributed by atoms with E-state index in [1.54, 1.807) is 0 Å². The summed E-state index contributed by atoms with van der Waals surface area (Å²) in [6.45, 7) is 0. The zero-order chi connectivity index (χ0) is 31.2. The van der Waals surface area contributed by atoms with Crippen LogP contribution in [0.2, 0.25) is 0 Å². The monoisotopic (exact) mass is 601 g/mol. The summed E-state index contributed by atoms with van der Waals surface area (Å²) in [5.41, 5.74) is 8.88. The van der Waals surface area contributed by atoms with Crippen molar-refractivity contribution < 1.29 is 4.42 Å². The summed E-state index contributed by atoms with van der Waals surface area (Å²) in [5.74, 6) is 1.85. The van der Waals surface area contributed by atoms with E-state index in [0.717, 1.165) is 60.5 Å². The minimum Gasteiger partial charge on any atom is -0.456 e. The second kappa shape index (κ2) is 11.2. The predicted octanol–water partition coefficient (Wildman–Crippen LogP) is 11.3. The largest absolute Gasteiger partial charge is 0.456 e. The molecular formula is C43H27N3O. The third-order valence-corrected chi connectivity index (χ3v) is 8.74. The first-order valence-electron chi connectivity index (χ1n) is 15.7. The molecule has 0 amide bonds. The average Bonchev–Trinajstić information content (AvgIpc) is 3.53. The Bertz CT molecular complexity index is 2550. The molecule has 0 saturated carbocycles. The van der Waals surface area contributed by atoms with Crippen molar-refractivity contribution in [2.24, 2.45) is 0 Å². The molecule has 0 aliphatic heterocycles. The van der Waals surface area contributed by atoms with Crippen LogP contribution < -0.4 is 0 Å². The van der Waals surface area contributed by atoms with E-state index in [4.69, 9.17) is 19.4 Å². The normalized spacial score (nSPS) is 11.4. The molecule has 0 aliphatic rings. The van der Waals surface area contributed by atoms with Gasteiger partial charge in [0.15, 0.2) is 17.5 Å². The van der Waals surface area contributed by atoms with E-state index in [-0.39, 0.29) is 0 Å². The minimum atomic E-state index is 0.598. The van der Waals surface area contributed by atoms with Crippen LogP contribution in [0.15, 0.2) is 168 Å². The summed E-state index contributed by atoms with van der Waals surface area (Å²) in [7, 11) is 0. The Morgan fingerprint density at radius 1 is 0.340 bits per heavy atom. The number of hydrogen-bond donors (Lipinski definition) is 0. The van der Waals surface area contributed by atoms with Gasteiger partial charge in [0.25, 0.3) is 0 Å². The predicted molar refractivity (Wildman–Crippen MR) is 192 cm³/mol. The zero-order valence-electron chi connectivity index (χ0n) is 25.3. The number of nitrogens with zero attached hydrogens (tertiary/aromatic N) is 3. The molecule has 47 heavy (non-hydrogen) atoms. The lowest BCUT2D eigenvalue weighted by atomic mass is 9.96. The van der Waals surface area contributed by atoms with E-state index < -0.39 is 0 Å². The first kappa shape index (κ1) is 27.0. The molecule has 7 aromatic carbocycles. The minimum absolute atomic E-state index is 0.598. The Kier molecular flexibility index (Phi) is 6.43. The Morgan fingerprint density at radius 3 is 1.66 bits per heavy atom. The van der Waals surface area contributed by atoms with Crippen molar-refractivity contribution >= 4 is 32.7 Å². The molecule has 0 bridgehead atoms. The molecule has 0 spiro atoms. The molecule has 9 aromatic rings. The van der Waals surface area contributed by atoms with Crippen molar-refractivity contribution in [1.82, 2.24) is 15.0 Å². The number of para-hydroxylation sites is 1. The Morgan fingerprint density at radius 2 is 0.894 bits per heavy atom. The van der Waals surface area contributed by atoms with E-state index in [1.807, 2.05) is 54.6 Å².